The van der Waals surface area contributed by atoms with Crippen LogP contribution in [-0.2, 0) is 22.0 Å². The van der Waals surface area contributed by atoms with Crippen molar-refractivity contribution in [2.45, 2.75) is 18.3 Å². The number of hydrogen-bond acceptors (Lipinski definition) is 5. The number of rotatable bonds is 5. The van der Waals surface area contributed by atoms with E-state index in [1.807, 2.05) is 30.3 Å². The standard InChI is InChI=1S/C23H32N6O3.HI/c1-24-22(28-10-11-29(21(30)16-28)19-14-26-27(2)15-19)25-17-23(8-12-32-13-9-23)18-4-6-20(31-3)7-5-18;/h4-7,14-15H,8-13,16-17H2,1-3H3,(H,24,25);1H. The Kier molecular flexibility index (Phi) is 8.57. The van der Waals surface area contributed by atoms with Crippen LogP contribution in [0.25, 0.3) is 0 Å². The van der Waals surface area contributed by atoms with Gasteiger partial charge in [-0.15, -0.1) is 24.0 Å². The Bertz CT molecular complexity index is 955. The quantitative estimate of drug-likeness (QED) is 0.338. The van der Waals surface area contributed by atoms with Gasteiger partial charge in [-0.3, -0.25) is 14.5 Å². The van der Waals surface area contributed by atoms with Crippen molar-refractivity contribution < 1.29 is 14.3 Å². The average molecular weight is 568 g/mol. The molecule has 0 atom stereocenters. The zero-order valence-electron chi connectivity index (χ0n) is 19.5. The van der Waals surface area contributed by atoms with Crippen LogP contribution in [0, 0.1) is 0 Å². The highest BCUT2D eigenvalue weighted by atomic mass is 127. The molecule has 1 N–H and O–H groups in total. The predicted molar refractivity (Wildman–Crippen MR) is 139 cm³/mol. The minimum atomic E-state index is -0.0536. The number of benzene rings is 1. The number of nitrogens with zero attached hydrogens (tertiary/aromatic N) is 5. The minimum absolute atomic E-state index is 0. The van der Waals surface area contributed by atoms with Crippen LogP contribution in [0.4, 0.5) is 5.69 Å². The Morgan fingerprint density at radius 3 is 2.55 bits per heavy atom. The number of hydrogen-bond donors (Lipinski definition) is 1. The number of aromatic nitrogens is 2. The van der Waals surface area contributed by atoms with E-state index >= 15 is 0 Å². The highest BCUT2D eigenvalue weighted by Gasteiger charge is 2.36. The summed E-state index contributed by atoms with van der Waals surface area (Å²) < 4.78 is 12.7. The number of methoxy groups -OCH3 is 1. The molecule has 9 nitrogen and oxygen atoms in total. The van der Waals surface area contributed by atoms with Crippen LogP contribution in [-0.4, -0.2) is 80.1 Å². The van der Waals surface area contributed by atoms with Gasteiger partial charge in [0.1, 0.15) is 12.3 Å². The number of aliphatic imine (C=N–C) groups is 1. The molecular weight excluding hydrogens is 535 g/mol. The third kappa shape index (κ3) is 5.60. The van der Waals surface area contributed by atoms with E-state index in [2.05, 4.69) is 27.5 Å². The molecule has 2 aliphatic heterocycles. The van der Waals surface area contributed by atoms with E-state index in [0.717, 1.165) is 50.0 Å². The Hall–Kier alpha value is -2.34. The van der Waals surface area contributed by atoms with E-state index < -0.39 is 0 Å². The number of guanidine groups is 1. The molecule has 33 heavy (non-hydrogen) atoms. The number of carbonyl (C=O) groups excluding carboxylic acids is 1. The summed E-state index contributed by atoms with van der Waals surface area (Å²) in [5.41, 5.74) is 2.05. The van der Waals surface area contributed by atoms with E-state index in [9.17, 15) is 4.79 Å². The van der Waals surface area contributed by atoms with Crippen LogP contribution in [0.5, 0.6) is 5.75 Å². The van der Waals surface area contributed by atoms with Crippen molar-refractivity contribution >= 4 is 41.5 Å². The summed E-state index contributed by atoms with van der Waals surface area (Å²) >= 11 is 0. The lowest BCUT2D eigenvalue weighted by Crippen LogP contribution is -2.57. The molecule has 2 saturated heterocycles. The van der Waals surface area contributed by atoms with Crippen molar-refractivity contribution in [2.75, 3.05) is 58.5 Å². The molecule has 10 heteroatoms. The first-order chi connectivity index (χ1) is 15.5. The van der Waals surface area contributed by atoms with E-state index in [1.165, 1.54) is 5.56 Å². The van der Waals surface area contributed by atoms with Gasteiger partial charge < -0.3 is 24.6 Å². The molecule has 180 valence electrons. The summed E-state index contributed by atoms with van der Waals surface area (Å²) in [4.78, 5) is 21.1. The Morgan fingerprint density at radius 1 is 1.24 bits per heavy atom. The first kappa shape index (κ1) is 25.3. The summed E-state index contributed by atoms with van der Waals surface area (Å²) in [7, 11) is 5.30. The highest BCUT2D eigenvalue weighted by molar-refractivity contribution is 14.0. The van der Waals surface area contributed by atoms with Gasteiger partial charge in [-0.1, -0.05) is 12.1 Å². The second-order valence-corrected chi connectivity index (χ2v) is 8.36. The lowest BCUT2D eigenvalue weighted by Gasteiger charge is -2.40. The van der Waals surface area contributed by atoms with Crippen molar-refractivity contribution in [3.63, 3.8) is 0 Å². The van der Waals surface area contributed by atoms with Crippen LogP contribution >= 0.6 is 24.0 Å². The van der Waals surface area contributed by atoms with Gasteiger partial charge in [0.2, 0.25) is 5.91 Å². The van der Waals surface area contributed by atoms with Crippen molar-refractivity contribution in [3.8, 4) is 5.75 Å². The van der Waals surface area contributed by atoms with E-state index in [4.69, 9.17) is 9.47 Å². The number of aryl methyl sites for hydroxylation is 1. The topological polar surface area (TPSA) is 84.2 Å². The smallest absolute Gasteiger partial charge is 0.246 e. The van der Waals surface area contributed by atoms with Crippen molar-refractivity contribution in [3.05, 3.63) is 42.2 Å². The third-order valence-electron chi connectivity index (χ3n) is 6.47. The van der Waals surface area contributed by atoms with Gasteiger partial charge in [0.15, 0.2) is 5.96 Å². The maximum Gasteiger partial charge on any atom is 0.246 e. The maximum absolute atomic E-state index is 12.8. The SMILES string of the molecule is CN=C(NCC1(c2ccc(OC)cc2)CCOCC1)N1CCN(c2cnn(C)c2)C(=O)C1.I. The first-order valence-electron chi connectivity index (χ1n) is 11.0. The predicted octanol–water partition coefficient (Wildman–Crippen LogP) is 2.02. The second kappa shape index (κ2) is 11.2. The largest absolute Gasteiger partial charge is 0.497 e. The third-order valence-corrected chi connectivity index (χ3v) is 6.47. The molecule has 0 spiro atoms. The van der Waals surface area contributed by atoms with Crippen LogP contribution in [0.1, 0.15) is 18.4 Å². The summed E-state index contributed by atoms with van der Waals surface area (Å²) in [6, 6.07) is 8.31. The fraction of sp³-hybridized carbons (Fsp3) is 0.522. The molecule has 2 fully saturated rings. The van der Waals surface area contributed by atoms with Gasteiger partial charge in [0.25, 0.3) is 0 Å². The molecule has 0 bridgehead atoms. The van der Waals surface area contributed by atoms with Crippen molar-refractivity contribution in [1.29, 1.82) is 0 Å². The Balaban J connectivity index is 0.00000306. The highest BCUT2D eigenvalue weighted by Crippen LogP contribution is 2.35. The number of anilines is 1. The summed E-state index contributed by atoms with van der Waals surface area (Å²) in [6.07, 6.45) is 5.45. The lowest BCUT2D eigenvalue weighted by molar-refractivity contribution is -0.120. The molecule has 2 aliphatic rings. The Morgan fingerprint density at radius 2 is 1.97 bits per heavy atom. The first-order valence-corrected chi connectivity index (χ1v) is 11.0. The Labute approximate surface area is 212 Å². The van der Waals surface area contributed by atoms with Crippen LogP contribution in [0.3, 0.4) is 0 Å². The number of nitrogens with one attached hydrogen (secondary N) is 1. The fourth-order valence-corrected chi connectivity index (χ4v) is 4.53. The number of carbonyl (C=O) groups is 1. The molecule has 1 aromatic carbocycles. The number of ether oxygens (including phenoxy) is 2. The van der Waals surface area contributed by atoms with Gasteiger partial charge in [0.05, 0.1) is 19.0 Å². The zero-order valence-corrected chi connectivity index (χ0v) is 21.8. The van der Waals surface area contributed by atoms with Gasteiger partial charge in [-0.25, -0.2) is 0 Å². The van der Waals surface area contributed by atoms with Crippen LogP contribution in [0.2, 0.25) is 0 Å². The fourth-order valence-electron chi connectivity index (χ4n) is 4.53. The average Bonchev–Trinajstić information content (AvgIpc) is 3.26. The van der Waals surface area contributed by atoms with Gasteiger partial charge >= 0.3 is 0 Å². The summed E-state index contributed by atoms with van der Waals surface area (Å²) in [5, 5.41) is 7.74. The van der Waals surface area contributed by atoms with Crippen molar-refractivity contribution in [2.24, 2.45) is 12.0 Å². The number of amides is 1. The van der Waals surface area contributed by atoms with Gasteiger partial charge in [0, 0.05) is 58.6 Å². The monoisotopic (exact) mass is 568 g/mol. The summed E-state index contributed by atoms with van der Waals surface area (Å²) in [6.45, 7) is 3.78. The van der Waals surface area contributed by atoms with Crippen molar-refractivity contribution in [1.82, 2.24) is 20.0 Å². The molecule has 3 heterocycles. The normalized spacial score (nSPS) is 18.6. The van der Waals surface area contributed by atoms with Crippen LogP contribution < -0.4 is 15.0 Å². The molecule has 1 aromatic heterocycles. The molecule has 4 rings (SSSR count). The lowest BCUT2D eigenvalue weighted by atomic mass is 9.74. The number of halogens is 1. The minimum Gasteiger partial charge on any atom is -0.497 e. The van der Waals surface area contributed by atoms with E-state index in [-0.39, 0.29) is 41.8 Å². The zero-order chi connectivity index (χ0) is 22.6. The number of piperazine rings is 1. The molecule has 0 aliphatic carbocycles. The van der Waals surface area contributed by atoms with E-state index in [1.54, 1.807) is 29.9 Å². The van der Waals surface area contributed by atoms with E-state index in [0.29, 0.717) is 13.1 Å². The molecule has 2 aromatic rings. The van der Waals surface area contributed by atoms with Gasteiger partial charge in [-0.05, 0) is 30.5 Å². The molecule has 0 saturated carbocycles. The molecule has 0 radical (unpaired) electrons. The van der Waals surface area contributed by atoms with Gasteiger partial charge in [-0.2, -0.15) is 5.10 Å². The molecule has 1 amide bonds. The molecule has 0 unspecified atom stereocenters. The van der Waals surface area contributed by atoms with Crippen LogP contribution in [0.15, 0.2) is 41.7 Å². The maximum atomic E-state index is 12.8. The summed E-state index contributed by atoms with van der Waals surface area (Å²) in [5.74, 6) is 1.65. The second-order valence-electron chi connectivity index (χ2n) is 8.36. The molecular formula is C23H33IN6O3.